The zero-order chi connectivity index (χ0) is 17.6. The summed E-state index contributed by atoms with van der Waals surface area (Å²) in [5.74, 6) is 1.35. The summed E-state index contributed by atoms with van der Waals surface area (Å²) in [6, 6.07) is 5.64. The molecular formula is C19H28N2O4. The van der Waals surface area contributed by atoms with E-state index in [9.17, 15) is 4.79 Å². The largest absolute Gasteiger partial charge is 0.497 e. The van der Waals surface area contributed by atoms with Gasteiger partial charge in [-0.1, -0.05) is 0 Å². The molecule has 1 aromatic rings. The summed E-state index contributed by atoms with van der Waals surface area (Å²) < 4.78 is 16.1. The van der Waals surface area contributed by atoms with Gasteiger partial charge in [0.1, 0.15) is 11.5 Å². The summed E-state index contributed by atoms with van der Waals surface area (Å²) >= 11 is 0. The molecule has 0 aliphatic carbocycles. The van der Waals surface area contributed by atoms with E-state index < -0.39 is 0 Å². The maximum atomic E-state index is 13.2. The number of rotatable bonds is 5. The summed E-state index contributed by atoms with van der Waals surface area (Å²) in [7, 11) is 3.20. The summed E-state index contributed by atoms with van der Waals surface area (Å²) in [6.07, 6.45) is 3.30. The molecule has 0 N–H and O–H groups in total. The molecule has 138 valence electrons. The van der Waals surface area contributed by atoms with E-state index in [1.165, 1.54) is 6.42 Å². The fourth-order valence-electron chi connectivity index (χ4n) is 3.64. The second-order valence-electron chi connectivity index (χ2n) is 6.66. The maximum absolute atomic E-state index is 13.2. The van der Waals surface area contributed by atoms with Crippen molar-refractivity contribution in [3.63, 3.8) is 0 Å². The Morgan fingerprint density at radius 2 is 1.76 bits per heavy atom. The van der Waals surface area contributed by atoms with Crippen LogP contribution in [0.5, 0.6) is 11.5 Å². The lowest BCUT2D eigenvalue weighted by molar-refractivity contribution is 0.0166. The monoisotopic (exact) mass is 348 g/mol. The first-order chi connectivity index (χ1) is 12.2. The zero-order valence-electron chi connectivity index (χ0n) is 15.2. The fourth-order valence-corrected chi connectivity index (χ4v) is 3.64. The van der Waals surface area contributed by atoms with Crippen molar-refractivity contribution in [2.75, 3.05) is 53.6 Å². The minimum absolute atomic E-state index is 0.0650. The van der Waals surface area contributed by atoms with Crippen molar-refractivity contribution >= 4 is 5.91 Å². The fraction of sp³-hybridized carbons (Fsp3) is 0.632. The molecular weight excluding hydrogens is 320 g/mol. The van der Waals surface area contributed by atoms with Crippen molar-refractivity contribution < 1.29 is 19.0 Å². The number of nitrogens with zero attached hydrogens (tertiary/aromatic N) is 2. The molecule has 0 bridgehead atoms. The molecule has 1 atom stereocenters. The van der Waals surface area contributed by atoms with Gasteiger partial charge in [-0.25, -0.2) is 0 Å². The topological polar surface area (TPSA) is 51.2 Å². The van der Waals surface area contributed by atoms with Crippen LogP contribution in [0.4, 0.5) is 0 Å². The molecule has 25 heavy (non-hydrogen) atoms. The van der Waals surface area contributed by atoms with E-state index in [-0.39, 0.29) is 11.9 Å². The van der Waals surface area contributed by atoms with Crippen LogP contribution in [-0.2, 0) is 4.74 Å². The molecule has 6 heteroatoms. The lowest BCUT2D eigenvalue weighted by atomic mass is 10.00. The lowest BCUT2D eigenvalue weighted by Gasteiger charge is -2.39. The number of carbonyl (C=O) groups excluding carboxylic acids is 1. The van der Waals surface area contributed by atoms with Gasteiger partial charge in [0.05, 0.1) is 27.4 Å². The number of piperidine rings is 1. The number of likely N-dealkylation sites (tertiary alicyclic amines) is 1. The molecule has 6 nitrogen and oxygen atoms in total. The van der Waals surface area contributed by atoms with Crippen molar-refractivity contribution in [1.29, 1.82) is 0 Å². The van der Waals surface area contributed by atoms with Crippen LogP contribution in [0.1, 0.15) is 29.6 Å². The van der Waals surface area contributed by atoms with Gasteiger partial charge in [0.15, 0.2) is 0 Å². The highest BCUT2D eigenvalue weighted by molar-refractivity contribution is 5.95. The summed E-state index contributed by atoms with van der Waals surface area (Å²) in [5, 5.41) is 0. The van der Waals surface area contributed by atoms with Gasteiger partial charge in [0.25, 0.3) is 5.91 Å². The second kappa shape index (κ2) is 8.54. The van der Waals surface area contributed by atoms with Gasteiger partial charge < -0.3 is 19.1 Å². The first-order valence-corrected chi connectivity index (χ1v) is 9.05. The molecule has 2 aliphatic heterocycles. The Labute approximate surface area is 149 Å². The van der Waals surface area contributed by atoms with Crippen LogP contribution in [0.15, 0.2) is 18.2 Å². The Morgan fingerprint density at radius 3 is 2.40 bits per heavy atom. The minimum atomic E-state index is 0.0650. The highest BCUT2D eigenvalue weighted by Crippen LogP contribution is 2.26. The molecule has 3 rings (SSSR count). The van der Waals surface area contributed by atoms with Gasteiger partial charge in [-0.05, 0) is 31.4 Å². The van der Waals surface area contributed by atoms with E-state index in [0.717, 1.165) is 52.2 Å². The molecule has 0 saturated carbocycles. The summed E-state index contributed by atoms with van der Waals surface area (Å²) in [6.45, 7) is 5.21. The average Bonchev–Trinajstić information content (AvgIpc) is 2.68. The molecule has 1 aromatic carbocycles. The smallest absolute Gasteiger partial charge is 0.254 e. The Kier molecular flexibility index (Phi) is 6.15. The van der Waals surface area contributed by atoms with Crippen LogP contribution in [0.3, 0.4) is 0 Å². The molecule has 0 radical (unpaired) electrons. The van der Waals surface area contributed by atoms with Crippen molar-refractivity contribution in [3.8, 4) is 11.5 Å². The van der Waals surface area contributed by atoms with Crippen LogP contribution < -0.4 is 9.47 Å². The number of benzene rings is 1. The highest BCUT2D eigenvalue weighted by atomic mass is 16.5. The molecule has 0 spiro atoms. The molecule has 2 heterocycles. The Hall–Kier alpha value is -1.79. The molecule has 2 saturated heterocycles. The van der Waals surface area contributed by atoms with Crippen LogP contribution in [-0.4, -0.2) is 75.4 Å². The van der Waals surface area contributed by atoms with Crippen molar-refractivity contribution in [2.24, 2.45) is 0 Å². The van der Waals surface area contributed by atoms with Crippen LogP contribution in [0.25, 0.3) is 0 Å². The zero-order valence-corrected chi connectivity index (χ0v) is 15.2. The maximum Gasteiger partial charge on any atom is 0.254 e. The molecule has 0 unspecified atom stereocenters. The number of carbonyl (C=O) groups is 1. The standard InChI is InChI=1S/C19H28N2O4/c1-23-17-11-15(12-18(13-17)24-2)19(22)21-6-4-3-5-16(21)14-20-7-9-25-10-8-20/h11-13,16H,3-10,14H2,1-2H3/t16-/m1/s1. The van der Waals surface area contributed by atoms with Crippen LogP contribution in [0, 0.1) is 0 Å². The van der Waals surface area contributed by atoms with Gasteiger partial charge in [0.2, 0.25) is 0 Å². The van der Waals surface area contributed by atoms with E-state index in [1.54, 1.807) is 32.4 Å². The van der Waals surface area contributed by atoms with Gasteiger partial charge in [-0.3, -0.25) is 9.69 Å². The third kappa shape index (κ3) is 4.44. The molecule has 2 fully saturated rings. The van der Waals surface area contributed by atoms with Gasteiger partial charge in [0, 0.05) is 43.9 Å². The van der Waals surface area contributed by atoms with E-state index in [0.29, 0.717) is 17.1 Å². The molecule has 2 aliphatic rings. The first-order valence-electron chi connectivity index (χ1n) is 9.05. The number of ether oxygens (including phenoxy) is 3. The molecule has 1 amide bonds. The van der Waals surface area contributed by atoms with E-state index in [1.807, 2.05) is 4.90 Å². The SMILES string of the molecule is COc1cc(OC)cc(C(=O)N2CCCC[C@@H]2CN2CCOCC2)c1. The predicted octanol–water partition coefficient (Wildman–Crippen LogP) is 2.03. The van der Waals surface area contributed by atoms with Crippen molar-refractivity contribution in [2.45, 2.75) is 25.3 Å². The first kappa shape index (κ1) is 18.0. The highest BCUT2D eigenvalue weighted by Gasteiger charge is 2.30. The Morgan fingerprint density at radius 1 is 1.08 bits per heavy atom. The summed E-state index contributed by atoms with van der Waals surface area (Å²) in [5.41, 5.74) is 0.630. The number of methoxy groups -OCH3 is 2. The van der Waals surface area contributed by atoms with Crippen molar-refractivity contribution in [1.82, 2.24) is 9.80 Å². The van der Waals surface area contributed by atoms with Crippen LogP contribution in [0.2, 0.25) is 0 Å². The number of hydrogen-bond donors (Lipinski definition) is 0. The summed E-state index contributed by atoms with van der Waals surface area (Å²) in [4.78, 5) is 17.6. The van der Waals surface area contributed by atoms with E-state index in [2.05, 4.69) is 4.90 Å². The number of hydrogen-bond acceptors (Lipinski definition) is 5. The minimum Gasteiger partial charge on any atom is -0.497 e. The van der Waals surface area contributed by atoms with E-state index in [4.69, 9.17) is 14.2 Å². The third-order valence-corrected chi connectivity index (χ3v) is 5.06. The van der Waals surface area contributed by atoms with Gasteiger partial charge in [-0.2, -0.15) is 0 Å². The van der Waals surface area contributed by atoms with E-state index >= 15 is 0 Å². The van der Waals surface area contributed by atoms with Crippen molar-refractivity contribution in [3.05, 3.63) is 23.8 Å². The predicted molar refractivity (Wildman–Crippen MR) is 95.5 cm³/mol. The quantitative estimate of drug-likeness (QED) is 0.815. The number of amides is 1. The normalized spacial score (nSPS) is 21.8. The van der Waals surface area contributed by atoms with Crippen LogP contribution >= 0.6 is 0 Å². The number of morpholine rings is 1. The van der Waals surface area contributed by atoms with Gasteiger partial charge >= 0.3 is 0 Å². The van der Waals surface area contributed by atoms with Gasteiger partial charge in [-0.15, -0.1) is 0 Å². The molecule has 0 aromatic heterocycles. The lowest BCUT2D eigenvalue weighted by Crippen LogP contribution is -2.51. The Balaban J connectivity index is 1.76. The third-order valence-electron chi connectivity index (χ3n) is 5.06. The Bertz CT molecular complexity index is 565. The second-order valence-corrected chi connectivity index (χ2v) is 6.66. The average molecular weight is 348 g/mol.